The zero-order valence-corrected chi connectivity index (χ0v) is 18.4. The van der Waals surface area contributed by atoms with E-state index in [1.807, 2.05) is 37.3 Å². The summed E-state index contributed by atoms with van der Waals surface area (Å²) in [6, 6.07) is 13.0. The molecule has 1 aromatic heterocycles. The van der Waals surface area contributed by atoms with Gasteiger partial charge < -0.3 is 5.32 Å². The third-order valence-electron chi connectivity index (χ3n) is 5.46. The molecule has 1 N–H and O–H groups in total. The van der Waals surface area contributed by atoms with E-state index in [9.17, 15) is 9.59 Å². The van der Waals surface area contributed by atoms with Crippen molar-refractivity contribution < 1.29 is 4.79 Å². The summed E-state index contributed by atoms with van der Waals surface area (Å²) in [5.74, 6) is 0.184. The second-order valence-electron chi connectivity index (χ2n) is 7.68. The molecule has 1 amide bonds. The molecule has 1 fully saturated rings. The van der Waals surface area contributed by atoms with Gasteiger partial charge in [-0.1, -0.05) is 60.8 Å². The minimum Gasteiger partial charge on any atom is -0.353 e. The Labute approximate surface area is 184 Å². The van der Waals surface area contributed by atoms with Gasteiger partial charge in [-0.3, -0.25) is 14.2 Å². The molecule has 7 heteroatoms. The van der Waals surface area contributed by atoms with Crippen molar-refractivity contribution in [2.75, 3.05) is 5.75 Å². The molecule has 4 rings (SSSR count). The molecule has 0 bridgehead atoms. The number of nitrogens with zero attached hydrogens (tertiary/aromatic N) is 2. The maximum absolute atomic E-state index is 13.3. The van der Waals surface area contributed by atoms with Crippen LogP contribution >= 0.6 is 23.4 Å². The Kier molecular flexibility index (Phi) is 6.44. The van der Waals surface area contributed by atoms with Crippen molar-refractivity contribution in [1.82, 2.24) is 14.9 Å². The zero-order chi connectivity index (χ0) is 21.1. The molecule has 30 heavy (non-hydrogen) atoms. The number of thioether (sulfide) groups is 1. The second-order valence-corrected chi connectivity index (χ2v) is 9.03. The molecule has 5 nitrogen and oxygen atoms in total. The molecule has 1 saturated carbocycles. The van der Waals surface area contributed by atoms with Crippen LogP contribution in [0.3, 0.4) is 0 Å². The van der Waals surface area contributed by atoms with Crippen molar-refractivity contribution >= 4 is 40.2 Å². The summed E-state index contributed by atoms with van der Waals surface area (Å²) in [4.78, 5) is 30.5. The number of aromatic nitrogens is 2. The number of carbonyl (C=O) groups is 1. The number of carbonyl (C=O) groups excluding carboxylic acids is 1. The average Bonchev–Trinajstić information content (AvgIpc) is 2.75. The zero-order valence-electron chi connectivity index (χ0n) is 16.9. The minimum absolute atomic E-state index is 0.0252. The number of amides is 1. The van der Waals surface area contributed by atoms with Crippen LogP contribution in [0.2, 0.25) is 5.02 Å². The number of fused-ring (bicyclic) bond motifs is 1. The first-order valence-electron chi connectivity index (χ1n) is 10.2. The van der Waals surface area contributed by atoms with Gasteiger partial charge in [-0.05, 0) is 49.6 Å². The maximum atomic E-state index is 13.3. The van der Waals surface area contributed by atoms with Crippen LogP contribution in [-0.2, 0) is 4.79 Å². The predicted octanol–water partition coefficient (Wildman–Crippen LogP) is 4.89. The summed E-state index contributed by atoms with van der Waals surface area (Å²) in [6.45, 7) is 1.92. The van der Waals surface area contributed by atoms with Crippen LogP contribution in [0, 0.1) is 6.92 Å². The van der Waals surface area contributed by atoms with Crippen LogP contribution in [0.25, 0.3) is 16.6 Å². The first-order valence-corrected chi connectivity index (χ1v) is 11.6. The fourth-order valence-electron chi connectivity index (χ4n) is 3.80. The van der Waals surface area contributed by atoms with Gasteiger partial charge in [0, 0.05) is 11.1 Å². The molecule has 1 aliphatic rings. The summed E-state index contributed by atoms with van der Waals surface area (Å²) in [6.07, 6.45) is 5.65. The van der Waals surface area contributed by atoms with Crippen LogP contribution in [0.1, 0.15) is 37.7 Å². The molecule has 0 radical (unpaired) electrons. The molecule has 0 aliphatic heterocycles. The largest absolute Gasteiger partial charge is 0.353 e. The lowest BCUT2D eigenvalue weighted by Crippen LogP contribution is -2.37. The van der Waals surface area contributed by atoms with Gasteiger partial charge in [-0.15, -0.1) is 0 Å². The molecule has 156 valence electrons. The highest BCUT2D eigenvalue weighted by atomic mass is 35.5. The fraction of sp³-hybridized carbons (Fsp3) is 0.348. The molecule has 0 spiro atoms. The van der Waals surface area contributed by atoms with E-state index in [0.717, 1.165) is 31.2 Å². The predicted molar refractivity (Wildman–Crippen MR) is 123 cm³/mol. The molecular formula is C23H24ClN3O2S. The van der Waals surface area contributed by atoms with Crippen LogP contribution in [0.15, 0.2) is 52.4 Å². The molecule has 0 unspecified atom stereocenters. The highest BCUT2D eigenvalue weighted by molar-refractivity contribution is 7.99. The highest BCUT2D eigenvalue weighted by Gasteiger charge is 2.18. The van der Waals surface area contributed by atoms with Gasteiger partial charge in [0.1, 0.15) is 0 Å². The van der Waals surface area contributed by atoms with Gasteiger partial charge in [0.2, 0.25) is 5.91 Å². The number of benzene rings is 2. The van der Waals surface area contributed by atoms with E-state index >= 15 is 0 Å². The second kappa shape index (κ2) is 9.23. The van der Waals surface area contributed by atoms with E-state index in [2.05, 4.69) is 10.3 Å². The normalized spacial score (nSPS) is 14.7. The van der Waals surface area contributed by atoms with E-state index in [4.69, 9.17) is 11.6 Å². The third kappa shape index (κ3) is 4.55. The van der Waals surface area contributed by atoms with Crippen molar-refractivity contribution in [3.63, 3.8) is 0 Å². The Balaban J connectivity index is 1.66. The monoisotopic (exact) mass is 441 g/mol. The number of halogens is 1. The molecular weight excluding hydrogens is 418 g/mol. The molecule has 1 heterocycles. The first kappa shape index (κ1) is 20.9. The summed E-state index contributed by atoms with van der Waals surface area (Å²) in [7, 11) is 0. The summed E-state index contributed by atoms with van der Waals surface area (Å²) in [5.41, 5.74) is 2.02. The summed E-state index contributed by atoms with van der Waals surface area (Å²) in [5, 5.41) is 4.72. The molecule has 0 saturated heterocycles. The Bertz CT molecular complexity index is 1140. The van der Waals surface area contributed by atoms with Gasteiger partial charge in [0.25, 0.3) is 5.56 Å². The fourth-order valence-corrected chi connectivity index (χ4v) is 4.80. The number of hydrogen-bond acceptors (Lipinski definition) is 4. The Morgan fingerprint density at radius 2 is 1.97 bits per heavy atom. The van der Waals surface area contributed by atoms with Crippen LogP contribution < -0.4 is 10.9 Å². The van der Waals surface area contributed by atoms with Crippen LogP contribution in [0.4, 0.5) is 0 Å². The van der Waals surface area contributed by atoms with E-state index in [0.29, 0.717) is 26.8 Å². The Morgan fingerprint density at radius 1 is 1.20 bits per heavy atom. The number of rotatable bonds is 5. The van der Waals surface area contributed by atoms with Crippen LogP contribution in [0.5, 0.6) is 0 Å². The molecule has 2 aromatic carbocycles. The summed E-state index contributed by atoms with van der Waals surface area (Å²) < 4.78 is 1.55. The highest BCUT2D eigenvalue weighted by Crippen LogP contribution is 2.25. The Morgan fingerprint density at radius 3 is 2.73 bits per heavy atom. The number of hydrogen-bond donors (Lipinski definition) is 1. The number of para-hydroxylation sites is 1. The molecule has 0 atom stereocenters. The smallest absolute Gasteiger partial charge is 0.266 e. The third-order valence-corrected chi connectivity index (χ3v) is 6.81. The van der Waals surface area contributed by atoms with Gasteiger partial charge >= 0.3 is 0 Å². The Hall–Kier alpha value is -2.31. The standard InChI is InChI=1S/C23H24ClN3O2S/c1-15-11-12-17(13-19(15)24)27-22(29)18-9-5-6-10-20(18)26-23(27)30-14-21(28)25-16-7-3-2-4-8-16/h5-6,9-13,16H,2-4,7-8,14H2,1H3,(H,25,28). The van der Waals surface area contributed by atoms with Gasteiger partial charge in [-0.25, -0.2) is 4.98 Å². The van der Waals surface area contributed by atoms with Gasteiger partial charge in [0.05, 0.1) is 22.3 Å². The molecule has 3 aromatic rings. The first-order chi connectivity index (χ1) is 14.5. The SMILES string of the molecule is Cc1ccc(-n2c(SCC(=O)NC3CCCCC3)nc3ccccc3c2=O)cc1Cl. The van der Waals surface area contributed by atoms with Crippen molar-refractivity contribution in [2.24, 2.45) is 0 Å². The van der Waals surface area contributed by atoms with Gasteiger partial charge in [0.15, 0.2) is 5.16 Å². The van der Waals surface area contributed by atoms with Crippen molar-refractivity contribution in [3.8, 4) is 5.69 Å². The molecule has 1 aliphatic carbocycles. The topological polar surface area (TPSA) is 64.0 Å². The van der Waals surface area contributed by atoms with Gasteiger partial charge in [-0.2, -0.15) is 0 Å². The summed E-state index contributed by atoms with van der Waals surface area (Å²) >= 11 is 7.59. The lowest BCUT2D eigenvalue weighted by Gasteiger charge is -2.22. The minimum atomic E-state index is -0.171. The van der Waals surface area contributed by atoms with Crippen molar-refractivity contribution in [2.45, 2.75) is 50.2 Å². The number of aryl methyl sites for hydroxylation is 1. The van der Waals surface area contributed by atoms with E-state index in [-0.39, 0.29) is 23.3 Å². The average molecular weight is 442 g/mol. The van der Waals surface area contributed by atoms with Crippen LogP contribution in [-0.4, -0.2) is 27.3 Å². The maximum Gasteiger partial charge on any atom is 0.266 e. The van der Waals surface area contributed by atoms with Crippen molar-refractivity contribution in [1.29, 1.82) is 0 Å². The van der Waals surface area contributed by atoms with Crippen molar-refractivity contribution in [3.05, 3.63) is 63.4 Å². The lowest BCUT2D eigenvalue weighted by molar-refractivity contribution is -0.119. The number of nitrogens with one attached hydrogen (secondary N) is 1. The quantitative estimate of drug-likeness (QED) is 0.452. The van der Waals surface area contributed by atoms with E-state index in [1.165, 1.54) is 18.2 Å². The van der Waals surface area contributed by atoms with E-state index in [1.54, 1.807) is 16.7 Å². The lowest BCUT2D eigenvalue weighted by atomic mass is 9.95. The van der Waals surface area contributed by atoms with E-state index < -0.39 is 0 Å².